The fourth-order valence-electron chi connectivity index (χ4n) is 11.9. The van der Waals surface area contributed by atoms with Crippen molar-refractivity contribution in [3.8, 4) is 0 Å². The summed E-state index contributed by atoms with van der Waals surface area (Å²) < 4.78 is 70.5. The number of allylic oxidation sites excluding steroid dienone is 2. The van der Waals surface area contributed by atoms with Crippen LogP contribution in [0.2, 0.25) is 0 Å². The van der Waals surface area contributed by atoms with Gasteiger partial charge in [-0.1, -0.05) is 70.6 Å². The lowest BCUT2D eigenvalue weighted by Crippen LogP contribution is -2.58. The molecule has 6 heterocycles. The van der Waals surface area contributed by atoms with Gasteiger partial charge < -0.3 is 62.3 Å². The Bertz CT molecular complexity index is 1950. The van der Waals surface area contributed by atoms with Crippen molar-refractivity contribution in [2.24, 2.45) is 23.7 Å². The molecule has 1 spiro atoms. The highest BCUT2D eigenvalue weighted by molar-refractivity contribution is 5.78. The number of methoxy groups -OCH3 is 2. The minimum atomic E-state index is -1.84. The lowest BCUT2D eigenvalue weighted by atomic mass is 9.71. The van der Waals surface area contributed by atoms with Crippen LogP contribution in [0.5, 0.6) is 0 Å². The fraction of sp³-hybridized carbons (Fsp3) is 0.778. The Hall–Kier alpha value is -2.84. The van der Waals surface area contributed by atoms with Crippen LogP contribution in [-0.2, 0) is 61.7 Å². The molecule has 7 rings (SSSR count). The Balaban J connectivity index is 1.12. The van der Waals surface area contributed by atoms with Gasteiger partial charge in [-0.25, -0.2) is 0 Å². The summed E-state index contributed by atoms with van der Waals surface area (Å²) in [5, 5.41) is 23.8. The predicted molar refractivity (Wildman–Crippen MR) is 259 cm³/mol. The van der Waals surface area contributed by atoms with E-state index < -0.39 is 78.6 Å². The molecule has 0 aromatic carbocycles. The second-order valence-corrected chi connectivity index (χ2v) is 21.1. The molecule has 4 saturated heterocycles. The lowest BCUT2D eigenvalue weighted by molar-refractivity contribution is -0.315. The minimum Gasteiger partial charge on any atom is -0.466 e. The van der Waals surface area contributed by atoms with Crippen LogP contribution in [-0.4, -0.2) is 165 Å². The van der Waals surface area contributed by atoms with E-state index in [4.69, 9.17) is 52.1 Å². The fourth-order valence-corrected chi connectivity index (χ4v) is 11.9. The number of fused-ring (bicyclic) bond motifs is 2. The maximum atomic E-state index is 14.4. The maximum absolute atomic E-state index is 14.4. The average molecular weight is 986 g/mol. The van der Waals surface area contributed by atoms with Crippen molar-refractivity contribution in [2.75, 3.05) is 41.0 Å². The molecule has 70 heavy (non-hydrogen) atoms. The number of rotatable bonds is 13. The Kier molecular flexibility index (Phi) is 18.5. The van der Waals surface area contributed by atoms with E-state index in [1.54, 1.807) is 33.3 Å². The predicted octanol–water partition coefficient (Wildman–Crippen LogP) is 6.27. The van der Waals surface area contributed by atoms with Crippen molar-refractivity contribution in [1.82, 2.24) is 4.90 Å². The molecule has 1 aliphatic carbocycles. The van der Waals surface area contributed by atoms with Gasteiger partial charge in [0.05, 0.1) is 62.0 Å². The van der Waals surface area contributed by atoms with Crippen LogP contribution in [0.1, 0.15) is 107 Å². The number of ether oxygens (including phenoxy) is 11. The first-order valence-corrected chi connectivity index (χ1v) is 25.8. The molecule has 0 saturated carbocycles. The molecule has 2 N–H and O–H groups in total. The van der Waals surface area contributed by atoms with E-state index in [0.717, 1.165) is 12.0 Å². The maximum Gasteiger partial charge on any atom is 0.316 e. The van der Waals surface area contributed by atoms with Crippen molar-refractivity contribution in [1.29, 1.82) is 0 Å². The number of carbonyl (C=O) groups is 2. The van der Waals surface area contributed by atoms with Gasteiger partial charge in [-0.15, -0.1) is 0 Å². The second kappa shape index (κ2) is 23.6. The van der Waals surface area contributed by atoms with Crippen molar-refractivity contribution in [2.45, 2.75) is 204 Å². The summed E-state index contributed by atoms with van der Waals surface area (Å²) in [7, 11) is 5.41. The number of hydrogen-bond acceptors (Lipinski definition) is 16. The molecular formula is C54H83NO15. The quantitative estimate of drug-likeness (QED) is 0.120. The Morgan fingerprint density at radius 3 is 2.37 bits per heavy atom. The largest absolute Gasteiger partial charge is 0.466 e. The van der Waals surface area contributed by atoms with Gasteiger partial charge in [0.2, 0.25) is 0 Å². The molecule has 0 amide bonds. The molecule has 0 aromatic heterocycles. The summed E-state index contributed by atoms with van der Waals surface area (Å²) in [5.74, 6) is -2.89. The zero-order valence-electron chi connectivity index (χ0n) is 43.7. The number of aliphatic hydroxyl groups is 2. The highest BCUT2D eigenvalue weighted by Crippen LogP contribution is 2.47. The molecular weight excluding hydrogens is 903 g/mol. The first-order valence-electron chi connectivity index (χ1n) is 25.8. The number of nitrogens with zero attached hydrogens (tertiary/aromatic N) is 1. The van der Waals surface area contributed by atoms with Crippen molar-refractivity contribution < 1.29 is 71.9 Å². The molecule has 6 aliphatic heterocycles. The third kappa shape index (κ3) is 12.1. The summed E-state index contributed by atoms with van der Waals surface area (Å²) >= 11 is 0. The number of carbonyl (C=O) groups excluding carboxylic acids is 2. The zero-order chi connectivity index (χ0) is 50.7. The summed E-state index contributed by atoms with van der Waals surface area (Å²) in [6.07, 6.45) is 10.7. The molecule has 20 atom stereocenters. The first-order chi connectivity index (χ1) is 33.3. The van der Waals surface area contributed by atoms with Crippen LogP contribution in [0.4, 0.5) is 0 Å². The van der Waals surface area contributed by atoms with Gasteiger partial charge in [0.25, 0.3) is 0 Å². The van der Waals surface area contributed by atoms with E-state index in [1.165, 1.54) is 6.92 Å². The number of likely N-dealkylation sites (N-methyl/N-ethyl adjacent to an activating group) is 1. The van der Waals surface area contributed by atoms with Gasteiger partial charge in [-0.2, -0.15) is 0 Å². The molecule has 7 aliphatic rings. The third-order valence-corrected chi connectivity index (χ3v) is 16.0. The topological polar surface area (TPSA) is 179 Å². The van der Waals surface area contributed by atoms with E-state index in [1.807, 2.05) is 39.1 Å². The smallest absolute Gasteiger partial charge is 0.316 e. The molecule has 2 bridgehead atoms. The summed E-state index contributed by atoms with van der Waals surface area (Å²) in [4.78, 5) is 27.9. The van der Waals surface area contributed by atoms with Gasteiger partial charge in [0.1, 0.15) is 35.9 Å². The molecule has 0 aromatic rings. The van der Waals surface area contributed by atoms with Crippen molar-refractivity contribution in [3.05, 3.63) is 59.3 Å². The summed E-state index contributed by atoms with van der Waals surface area (Å²) in [6, 6.07) is -0.0323. The van der Waals surface area contributed by atoms with Crippen LogP contribution < -0.4 is 0 Å². The monoisotopic (exact) mass is 986 g/mol. The third-order valence-electron chi connectivity index (χ3n) is 16.0. The Labute approximate surface area is 416 Å². The standard InChI is InChI=1S/C54H83NO15/c1-13-30(2)49-33(5)20-21-53(70-49)28-40-25-39(69-53)19-18-32(4)48(31(3)16-14-17-38-29-63-51-47(57)34(6)24-41(52(58)66-40)54(38,51)59)67-45-27-43(61-12)50(36(8)65-45)68-44-26-42(60-11)46(35(7)64-44)55(10)22-15-23-62-37(9)56/h14,16-18,20-21,24,30-31,33,35-36,39-51,57,59H,13,15,19,22-23,25-29H2,1-12H3/b16-14+,32-18+,38-17+/t30-,31-,33-,35+,36-,39+,40-,41-,42+,43-,44+,45-,46-,47+,48-,49+,50-,51+,53+,54+/m0/s1. The van der Waals surface area contributed by atoms with E-state index >= 15 is 0 Å². The summed E-state index contributed by atoms with van der Waals surface area (Å²) in [6.45, 7) is 18.8. The molecule has 0 unspecified atom stereocenters. The molecule has 0 radical (unpaired) electrons. The van der Waals surface area contributed by atoms with Gasteiger partial charge in [0.15, 0.2) is 18.4 Å². The molecule has 4 fully saturated rings. The first kappa shape index (κ1) is 54.9. The molecule has 394 valence electrons. The van der Waals surface area contributed by atoms with E-state index in [9.17, 15) is 19.8 Å². The number of aliphatic hydroxyl groups excluding tert-OH is 1. The van der Waals surface area contributed by atoms with E-state index in [0.29, 0.717) is 56.4 Å². The van der Waals surface area contributed by atoms with Crippen LogP contribution >= 0.6 is 0 Å². The second-order valence-electron chi connectivity index (χ2n) is 21.1. The van der Waals surface area contributed by atoms with Gasteiger partial charge in [-0.05, 0) is 76.3 Å². The van der Waals surface area contributed by atoms with Crippen LogP contribution in [0, 0.1) is 23.7 Å². The lowest BCUT2D eigenvalue weighted by Gasteiger charge is -2.48. The van der Waals surface area contributed by atoms with Crippen LogP contribution in [0.3, 0.4) is 0 Å². The van der Waals surface area contributed by atoms with Crippen molar-refractivity contribution in [3.63, 3.8) is 0 Å². The van der Waals surface area contributed by atoms with Gasteiger partial charge in [0, 0.05) is 65.2 Å². The van der Waals surface area contributed by atoms with Crippen LogP contribution in [0.25, 0.3) is 0 Å². The highest BCUT2D eigenvalue weighted by atomic mass is 16.7. The minimum absolute atomic E-state index is 0.0278. The van der Waals surface area contributed by atoms with Gasteiger partial charge in [-0.3, -0.25) is 14.5 Å². The van der Waals surface area contributed by atoms with Crippen molar-refractivity contribution >= 4 is 11.9 Å². The van der Waals surface area contributed by atoms with Gasteiger partial charge >= 0.3 is 11.9 Å². The summed E-state index contributed by atoms with van der Waals surface area (Å²) in [5.41, 5.74) is 0.125. The van der Waals surface area contributed by atoms with E-state index in [2.05, 4.69) is 51.7 Å². The average Bonchev–Trinajstić information content (AvgIpc) is 3.66. The Morgan fingerprint density at radius 1 is 0.943 bits per heavy atom. The molecule has 16 heteroatoms. The zero-order valence-corrected chi connectivity index (χ0v) is 43.7. The molecule has 16 nitrogen and oxygen atoms in total. The van der Waals surface area contributed by atoms with Crippen LogP contribution in [0.15, 0.2) is 59.3 Å². The SMILES string of the molecule is CC[C@H](C)[C@H]1O[C@]2(C=C[C@@H]1C)C[C@@H]1C[C@@H](C/C=C(\C)[C@@H](O[C@H]3C[C@H](OC)[C@@H](O[C@@H]4C[C@@H](OC)[C@@H](N(C)CCCOC(C)=O)[C@@H](C)O4)[C@H](C)O3)[C@@H](C)/C=C/C=C3\CO[C@@H]4[C@H](O)C(C)=C[C@@H](C(=O)O1)[C@]34O)O2. The number of hydrogen-bond donors (Lipinski definition) is 2. The van der Waals surface area contributed by atoms with E-state index in [-0.39, 0.29) is 67.2 Å². The normalized spacial score (nSPS) is 44.9. The Morgan fingerprint density at radius 2 is 1.66 bits per heavy atom. The highest BCUT2D eigenvalue weighted by Gasteiger charge is 2.60. The number of esters is 2.